The summed E-state index contributed by atoms with van der Waals surface area (Å²) >= 11 is 3.64. The summed E-state index contributed by atoms with van der Waals surface area (Å²) in [5.41, 5.74) is 1.26. The normalized spacial score (nSPS) is 11.1. The molecule has 0 spiro atoms. The van der Waals surface area contributed by atoms with Gasteiger partial charge in [0.05, 0.1) is 0 Å². The molecular formula is C16H16N2S2. The van der Waals surface area contributed by atoms with E-state index in [1.807, 2.05) is 41.1 Å². The lowest BCUT2D eigenvalue weighted by molar-refractivity contribution is 0.252. The summed E-state index contributed by atoms with van der Waals surface area (Å²) < 4.78 is 0. The Kier molecular flexibility index (Phi) is 4.58. The quantitative estimate of drug-likeness (QED) is 0.670. The highest BCUT2D eigenvalue weighted by molar-refractivity contribution is 7.10. The van der Waals surface area contributed by atoms with Crippen molar-refractivity contribution in [1.29, 1.82) is 0 Å². The van der Waals surface area contributed by atoms with Crippen LogP contribution in [0.4, 0.5) is 0 Å². The molecule has 102 valence electrons. The molecule has 0 fully saturated rings. The van der Waals surface area contributed by atoms with Crippen LogP contribution in [-0.4, -0.2) is 9.88 Å². The van der Waals surface area contributed by atoms with E-state index in [1.54, 1.807) is 0 Å². The largest absolute Gasteiger partial charge is 0.289 e. The monoisotopic (exact) mass is 300 g/mol. The SMILES string of the molecule is c1cncc(CN(Cc2cccs2)Cc2cccs2)c1. The van der Waals surface area contributed by atoms with Gasteiger partial charge in [-0.1, -0.05) is 18.2 Å². The lowest BCUT2D eigenvalue weighted by Crippen LogP contribution is -2.21. The Morgan fingerprint density at radius 1 is 0.850 bits per heavy atom. The van der Waals surface area contributed by atoms with Gasteiger partial charge in [-0.05, 0) is 34.5 Å². The van der Waals surface area contributed by atoms with Crippen LogP contribution in [0, 0.1) is 0 Å². The minimum absolute atomic E-state index is 0.934. The van der Waals surface area contributed by atoms with Gasteiger partial charge in [0.2, 0.25) is 0 Å². The van der Waals surface area contributed by atoms with Crippen molar-refractivity contribution < 1.29 is 0 Å². The van der Waals surface area contributed by atoms with Crippen molar-refractivity contribution in [3.05, 3.63) is 74.9 Å². The van der Waals surface area contributed by atoms with Gasteiger partial charge in [-0.15, -0.1) is 22.7 Å². The first-order chi connectivity index (χ1) is 9.90. The molecule has 0 saturated carbocycles. The van der Waals surface area contributed by atoms with Crippen molar-refractivity contribution in [2.45, 2.75) is 19.6 Å². The smallest absolute Gasteiger partial charge is 0.0335 e. The highest BCUT2D eigenvalue weighted by Gasteiger charge is 2.09. The number of nitrogens with zero attached hydrogens (tertiary/aromatic N) is 2. The Labute approximate surface area is 127 Å². The van der Waals surface area contributed by atoms with Gasteiger partial charge in [0.15, 0.2) is 0 Å². The van der Waals surface area contributed by atoms with E-state index in [0.29, 0.717) is 0 Å². The fraction of sp³-hybridized carbons (Fsp3) is 0.188. The van der Waals surface area contributed by atoms with Gasteiger partial charge in [-0.25, -0.2) is 0 Å². The molecule has 3 aromatic heterocycles. The first kappa shape index (κ1) is 13.5. The maximum atomic E-state index is 4.21. The lowest BCUT2D eigenvalue weighted by atomic mass is 10.2. The fourth-order valence-electron chi connectivity index (χ4n) is 2.16. The summed E-state index contributed by atoms with van der Waals surface area (Å²) in [7, 11) is 0. The number of aromatic nitrogens is 1. The minimum atomic E-state index is 0.934. The fourth-order valence-corrected chi connectivity index (χ4v) is 3.66. The van der Waals surface area contributed by atoms with Gasteiger partial charge in [-0.2, -0.15) is 0 Å². The third kappa shape index (κ3) is 3.76. The van der Waals surface area contributed by atoms with Crippen molar-refractivity contribution >= 4 is 22.7 Å². The van der Waals surface area contributed by atoms with Crippen LogP contribution in [0.25, 0.3) is 0 Å². The van der Waals surface area contributed by atoms with Gasteiger partial charge < -0.3 is 0 Å². The molecule has 0 atom stereocenters. The van der Waals surface area contributed by atoms with Crippen LogP contribution >= 0.6 is 22.7 Å². The second-order valence-corrected chi connectivity index (χ2v) is 6.73. The Hall–Kier alpha value is -1.49. The molecule has 20 heavy (non-hydrogen) atoms. The Balaban J connectivity index is 1.72. The standard InChI is InChI=1S/C16H16N2S2/c1-4-14(10-17-7-1)11-18(12-15-5-2-8-19-15)13-16-6-3-9-20-16/h1-10H,11-13H2. The highest BCUT2D eigenvalue weighted by atomic mass is 32.1. The molecule has 0 aliphatic carbocycles. The van der Waals surface area contributed by atoms with Crippen molar-refractivity contribution in [3.63, 3.8) is 0 Å². The van der Waals surface area contributed by atoms with Crippen LogP contribution in [0.2, 0.25) is 0 Å². The number of rotatable bonds is 6. The molecule has 4 heteroatoms. The molecule has 2 nitrogen and oxygen atoms in total. The van der Waals surface area contributed by atoms with Gasteiger partial charge in [0.25, 0.3) is 0 Å². The molecule has 0 bridgehead atoms. The molecule has 3 heterocycles. The van der Waals surface area contributed by atoms with Crippen molar-refractivity contribution in [2.75, 3.05) is 0 Å². The van der Waals surface area contributed by atoms with Gasteiger partial charge in [0.1, 0.15) is 0 Å². The summed E-state index contributed by atoms with van der Waals surface area (Å²) in [6, 6.07) is 12.8. The lowest BCUT2D eigenvalue weighted by Gasteiger charge is -2.21. The summed E-state index contributed by atoms with van der Waals surface area (Å²) in [6.45, 7) is 2.92. The molecule has 0 unspecified atom stereocenters. The molecule has 3 rings (SSSR count). The molecule has 0 saturated heterocycles. The van der Waals surface area contributed by atoms with Crippen molar-refractivity contribution in [1.82, 2.24) is 9.88 Å². The second-order valence-electron chi connectivity index (χ2n) is 4.67. The van der Waals surface area contributed by atoms with Crippen LogP contribution in [0.1, 0.15) is 15.3 Å². The first-order valence-corrected chi connectivity index (χ1v) is 8.32. The number of hydrogen-bond acceptors (Lipinski definition) is 4. The number of pyridine rings is 1. The van der Waals surface area contributed by atoms with E-state index in [0.717, 1.165) is 19.6 Å². The molecule has 0 aliphatic rings. The van der Waals surface area contributed by atoms with E-state index in [9.17, 15) is 0 Å². The molecule has 0 aromatic carbocycles. The highest BCUT2D eigenvalue weighted by Crippen LogP contribution is 2.19. The molecule has 0 N–H and O–H groups in total. The van der Waals surface area contributed by atoms with E-state index in [-0.39, 0.29) is 0 Å². The maximum absolute atomic E-state index is 4.21. The van der Waals surface area contributed by atoms with Gasteiger partial charge in [-0.3, -0.25) is 9.88 Å². The average Bonchev–Trinajstić information content (AvgIpc) is 3.13. The van der Waals surface area contributed by atoms with Crippen molar-refractivity contribution in [2.24, 2.45) is 0 Å². The van der Waals surface area contributed by atoms with E-state index >= 15 is 0 Å². The predicted molar refractivity (Wildman–Crippen MR) is 85.8 cm³/mol. The zero-order chi connectivity index (χ0) is 13.6. The van der Waals surface area contributed by atoms with Crippen LogP contribution in [0.15, 0.2) is 59.6 Å². The molecule has 0 radical (unpaired) electrons. The number of thiophene rings is 2. The summed E-state index contributed by atoms with van der Waals surface area (Å²) in [5.74, 6) is 0. The third-order valence-corrected chi connectivity index (χ3v) is 4.77. The Morgan fingerprint density at radius 2 is 1.55 bits per heavy atom. The van der Waals surface area contributed by atoms with Crippen molar-refractivity contribution in [3.8, 4) is 0 Å². The molecular weight excluding hydrogens is 284 g/mol. The summed E-state index contributed by atoms with van der Waals surface area (Å²) in [4.78, 5) is 9.49. The van der Waals surface area contributed by atoms with Gasteiger partial charge in [0, 0.05) is 41.8 Å². The van der Waals surface area contributed by atoms with Crippen LogP contribution in [-0.2, 0) is 19.6 Å². The third-order valence-electron chi connectivity index (χ3n) is 3.05. The first-order valence-electron chi connectivity index (χ1n) is 6.56. The Morgan fingerprint density at radius 3 is 2.05 bits per heavy atom. The zero-order valence-corrected chi connectivity index (χ0v) is 12.7. The summed E-state index contributed by atoms with van der Waals surface area (Å²) in [5, 5.41) is 4.28. The maximum Gasteiger partial charge on any atom is 0.0335 e. The Bertz CT molecular complexity index is 567. The molecule has 0 aliphatic heterocycles. The number of hydrogen-bond donors (Lipinski definition) is 0. The predicted octanol–water partition coefficient (Wildman–Crippen LogP) is 4.41. The van der Waals surface area contributed by atoms with Crippen LogP contribution in [0.5, 0.6) is 0 Å². The van der Waals surface area contributed by atoms with E-state index in [1.165, 1.54) is 15.3 Å². The van der Waals surface area contributed by atoms with E-state index < -0.39 is 0 Å². The molecule has 0 amide bonds. The molecule has 3 aromatic rings. The summed E-state index contributed by atoms with van der Waals surface area (Å²) in [6.07, 6.45) is 3.78. The van der Waals surface area contributed by atoms with E-state index in [2.05, 4.69) is 51.0 Å². The van der Waals surface area contributed by atoms with Crippen LogP contribution in [0.3, 0.4) is 0 Å². The minimum Gasteiger partial charge on any atom is -0.289 e. The zero-order valence-electron chi connectivity index (χ0n) is 11.1. The van der Waals surface area contributed by atoms with Gasteiger partial charge >= 0.3 is 0 Å². The average molecular weight is 300 g/mol. The van der Waals surface area contributed by atoms with E-state index in [4.69, 9.17) is 0 Å². The van der Waals surface area contributed by atoms with Crippen LogP contribution < -0.4 is 0 Å². The topological polar surface area (TPSA) is 16.1 Å². The second kappa shape index (κ2) is 6.79.